The van der Waals surface area contributed by atoms with E-state index in [0.717, 1.165) is 36.7 Å². The van der Waals surface area contributed by atoms with Gasteiger partial charge in [-0.25, -0.2) is 12.7 Å². The highest BCUT2D eigenvalue weighted by molar-refractivity contribution is 7.89. The highest BCUT2D eigenvalue weighted by atomic mass is 32.2. The Morgan fingerprint density at radius 3 is 2.43 bits per heavy atom. The minimum atomic E-state index is -3.25. The summed E-state index contributed by atoms with van der Waals surface area (Å²) in [5.74, 6) is 0.539. The van der Waals surface area contributed by atoms with E-state index >= 15 is 0 Å². The zero-order valence-corrected chi connectivity index (χ0v) is 17.6. The van der Waals surface area contributed by atoms with Gasteiger partial charge in [-0.05, 0) is 62.3 Å². The van der Waals surface area contributed by atoms with E-state index in [9.17, 15) is 13.2 Å². The molecule has 2 N–H and O–H groups in total. The van der Waals surface area contributed by atoms with E-state index in [1.807, 2.05) is 31.2 Å². The minimum absolute atomic E-state index is 0.0944. The molecular weight excluding hydrogens is 374 g/mol. The van der Waals surface area contributed by atoms with Gasteiger partial charge in [-0.1, -0.05) is 19.8 Å². The van der Waals surface area contributed by atoms with Crippen molar-refractivity contribution < 1.29 is 13.2 Å². The van der Waals surface area contributed by atoms with Gasteiger partial charge in [0.2, 0.25) is 15.9 Å². The second-order valence-corrected chi connectivity index (χ2v) is 10.2. The molecule has 0 radical (unpaired) electrons. The second-order valence-electron chi connectivity index (χ2n) is 8.11. The topological polar surface area (TPSA) is 78.5 Å². The molecule has 1 aromatic rings. The summed E-state index contributed by atoms with van der Waals surface area (Å²) in [7, 11) is -3.25. The number of amides is 1. The predicted octanol–water partition coefficient (Wildman–Crippen LogP) is 3.68. The Bertz CT molecular complexity index is 743. The molecule has 6 nitrogen and oxygen atoms in total. The van der Waals surface area contributed by atoms with E-state index in [1.165, 1.54) is 30.0 Å². The van der Waals surface area contributed by atoms with Gasteiger partial charge in [-0.2, -0.15) is 0 Å². The SMILES string of the molecule is CCCS(=O)(=O)N1CCCC(C(=O)Nc2ccc(NCC3CCCC3)cc2)C1. The number of benzene rings is 1. The quantitative estimate of drug-likeness (QED) is 0.689. The molecule has 0 spiro atoms. The molecule has 1 saturated carbocycles. The molecule has 1 amide bonds. The first-order chi connectivity index (χ1) is 13.5. The molecule has 3 rings (SSSR count). The molecule has 156 valence electrons. The van der Waals surface area contributed by atoms with E-state index in [-0.39, 0.29) is 24.1 Å². The number of carbonyl (C=O) groups excluding carboxylic acids is 1. The lowest BCUT2D eigenvalue weighted by molar-refractivity contribution is -0.120. The molecule has 28 heavy (non-hydrogen) atoms. The molecule has 0 aromatic heterocycles. The summed E-state index contributed by atoms with van der Waals surface area (Å²) in [6, 6.07) is 7.79. The molecule has 1 aliphatic heterocycles. The van der Waals surface area contributed by atoms with Crippen LogP contribution in [-0.4, -0.2) is 44.0 Å². The molecular formula is C21H33N3O3S. The van der Waals surface area contributed by atoms with Crippen LogP contribution in [0.3, 0.4) is 0 Å². The van der Waals surface area contributed by atoms with Crippen LogP contribution in [0.2, 0.25) is 0 Å². The first-order valence-electron chi connectivity index (χ1n) is 10.6. The lowest BCUT2D eigenvalue weighted by atomic mass is 9.98. The molecule has 1 aromatic carbocycles. The summed E-state index contributed by atoms with van der Waals surface area (Å²) in [5, 5.41) is 6.43. The Morgan fingerprint density at radius 1 is 1.07 bits per heavy atom. The van der Waals surface area contributed by atoms with Crippen molar-refractivity contribution in [1.82, 2.24) is 4.31 Å². The lowest BCUT2D eigenvalue weighted by Gasteiger charge is -2.31. The molecule has 0 bridgehead atoms. The summed E-state index contributed by atoms with van der Waals surface area (Å²) in [4.78, 5) is 12.6. The maximum Gasteiger partial charge on any atom is 0.228 e. The van der Waals surface area contributed by atoms with Crippen LogP contribution in [0.15, 0.2) is 24.3 Å². The highest BCUT2D eigenvalue weighted by Gasteiger charge is 2.31. The Morgan fingerprint density at radius 2 is 1.75 bits per heavy atom. The summed E-state index contributed by atoms with van der Waals surface area (Å²) in [6.45, 7) is 3.68. The predicted molar refractivity (Wildman–Crippen MR) is 114 cm³/mol. The number of sulfonamides is 1. The van der Waals surface area contributed by atoms with Crippen LogP contribution in [0.25, 0.3) is 0 Å². The van der Waals surface area contributed by atoms with Crippen molar-refractivity contribution in [2.75, 3.05) is 36.0 Å². The summed E-state index contributed by atoms with van der Waals surface area (Å²) in [6.07, 6.45) is 7.36. The third-order valence-electron chi connectivity index (χ3n) is 5.83. The molecule has 7 heteroatoms. The Labute approximate surface area is 169 Å². The van der Waals surface area contributed by atoms with Crippen LogP contribution in [0.1, 0.15) is 51.9 Å². The normalized spacial score (nSPS) is 21.5. The highest BCUT2D eigenvalue weighted by Crippen LogP contribution is 2.26. The molecule has 1 heterocycles. The Balaban J connectivity index is 1.50. The van der Waals surface area contributed by atoms with Gasteiger partial charge in [0.25, 0.3) is 0 Å². The molecule has 1 unspecified atom stereocenters. The van der Waals surface area contributed by atoms with Crippen molar-refractivity contribution >= 4 is 27.3 Å². The van der Waals surface area contributed by atoms with Crippen LogP contribution < -0.4 is 10.6 Å². The molecule has 1 aliphatic carbocycles. The number of anilines is 2. The van der Waals surface area contributed by atoms with Gasteiger partial charge in [0.15, 0.2) is 0 Å². The fourth-order valence-electron chi connectivity index (χ4n) is 4.19. The second kappa shape index (κ2) is 9.74. The minimum Gasteiger partial charge on any atom is -0.385 e. The standard InChI is InChI=1S/C21H33N3O3S/c1-2-14-28(26,27)24-13-5-8-18(16-24)21(25)23-20-11-9-19(10-12-20)22-15-17-6-3-4-7-17/h9-12,17-18,22H,2-8,13-16H2,1H3,(H,23,25). The molecule has 1 atom stereocenters. The van der Waals surface area contributed by atoms with Crippen molar-refractivity contribution in [3.8, 4) is 0 Å². The van der Waals surface area contributed by atoms with Crippen molar-refractivity contribution in [3.05, 3.63) is 24.3 Å². The zero-order valence-electron chi connectivity index (χ0n) is 16.8. The maximum absolute atomic E-state index is 12.6. The van der Waals surface area contributed by atoms with Crippen molar-refractivity contribution in [3.63, 3.8) is 0 Å². The van der Waals surface area contributed by atoms with E-state index in [2.05, 4.69) is 10.6 Å². The van der Waals surface area contributed by atoms with Crippen LogP contribution in [-0.2, 0) is 14.8 Å². The third kappa shape index (κ3) is 5.70. The van der Waals surface area contributed by atoms with E-state index in [0.29, 0.717) is 13.0 Å². The number of hydrogen-bond donors (Lipinski definition) is 2. The van der Waals surface area contributed by atoms with Crippen molar-refractivity contribution in [2.24, 2.45) is 11.8 Å². The monoisotopic (exact) mass is 407 g/mol. The largest absolute Gasteiger partial charge is 0.385 e. The van der Waals surface area contributed by atoms with Crippen LogP contribution in [0.5, 0.6) is 0 Å². The Hall–Kier alpha value is -1.60. The molecule has 1 saturated heterocycles. The van der Waals surface area contributed by atoms with Gasteiger partial charge >= 0.3 is 0 Å². The average molecular weight is 408 g/mol. The Kier molecular flexibility index (Phi) is 7.35. The van der Waals surface area contributed by atoms with Crippen LogP contribution in [0, 0.1) is 11.8 Å². The van der Waals surface area contributed by atoms with Gasteiger partial charge in [-0.15, -0.1) is 0 Å². The van der Waals surface area contributed by atoms with Crippen molar-refractivity contribution in [1.29, 1.82) is 0 Å². The summed E-state index contributed by atoms with van der Waals surface area (Å²) >= 11 is 0. The molecule has 2 fully saturated rings. The number of hydrogen-bond acceptors (Lipinski definition) is 4. The lowest BCUT2D eigenvalue weighted by Crippen LogP contribution is -2.44. The van der Waals surface area contributed by atoms with Gasteiger partial charge in [0.05, 0.1) is 11.7 Å². The summed E-state index contributed by atoms with van der Waals surface area (Å²) < 4.78 is 26.1. The number of nitrogens with one attached hydrogen (secondary N) is 2. The van der Waals surface area contributed by atoms with Gasteiger partial charge < -0.3 is 10.6 Å². The van der Waals surface area contributed by atoms with E-state index in [4.69, 9.17) is 0 Å². The smallest absolute Gasteiger partial charge is 0.228 e. The van der Waals surface area contributed by atoms with E-state index < -0.39 is 10.0 Å². The van der Waals surface area contributed by atoms with E-state index in [1.54, 1.807) is 0 Å². The van der Waals surface area contributed by atoms with Gasteiger partial charge in [0, 0.05) is 31.0 Å². The average Bonchev–Trinajstić information content (AvgIpc) is 3.21. The maximum atomic E-state index is 12.6. The zero-order chi connectivity index (χ0) is 20.0. The van der Waals surface area contributed by atoms with Gasteiger partial charge in [-0.3, -0.25) is 4.79 Å². The van der Waals surface area contributed by atoms with Crippen LogP contribution >= 0.6 is 0 Å². The van der Waals surface area contributed by atoms with Gasteiger partial charge in [0.1, 0.15) is 0 Å². The fraction of sp³-hybridized carbons (Fsp3) is 0.667. The number of carbonyl (C=O) groups is 1. The number of piperidine rings is 1. The first kappa shape index (κ1) is 21.1. The number of nitrogens with zero attached hydrogens (tertiary/aromatic N) is 1. The molecule has 2 aliphatic rings. The summed E-state index contributed by atoms with van der Waals surface area (Å²) in [5.41, 5.74) is 1.82. The number of rotatable bonds is 8. The van der Waals surface area contributed by atoms with Crippen molar-refractivity contribution in [2.45, 2.75) is 51.9 Å². The fourth-order valence-corrected chi connectivity index (χ4v) is 5.78. The van der Waals surface area contributed by atoms with Crippen LogP contribution in [0.4, 0.5) is 11.4 Å². The third-order valence-corrected chi connectivity index (χ3v) is 7.88. The first-order valence-corrected chi connectivity index (χ1v) is 12.2.